The fourth-order valence-corrected chi connectivity index (χ4v) is 5.63. The molecule has 0 saturated carbocycles. The maximum Gasteiger partial charge on any atom is 0.408 e. The Morgan fingerprint density at radius 3 is 2.38 bits per heavy atom. The van der Waals surface area contributed by atoms with Crippen LogP contribution in [0.2, 0.25) is 10.0 Å². The predicted octanol–water partition coefficient (Wildman–Crippen LogP) is 4.35. The van der Waals surface area contributed by atoms with Crippen molar-refractivity contribution in [2.45, 2.75) is 63.7 Å². The second kappa shape index (κ2) is 10.9. The van der Waals surface area contributed by atoms with Crippen LogP contribution in [0.1, 0.15) is 50.5 Å². The summed E-state index contributed by atoms with van der Waals surface area (Å²) in [5.74, 6) is -1.81. The molecule has 2 N–H and O–H groups in total. The van der Waals surface area contributed by atoms with Gasteiger partial charge in [0, 0.05) is 11.6 Å². The first-order chi connectivity index (χ1) is 17.1. The zero-order valence-corrected chi connectivity index (χ0v) is 23.4. The third-order valence-corrected chi connectivity index (χ3v) is 7.76. The minimum absolute atomic E-state index is 0.0148. The lowest BCUT2D eigenvalue weighted by atomic mass is 10.1. The largest absolute Gasteiger partial charge is 0.444 e. The van der Waals surface area contributed by atoms with Gasteiger partial charge in [-0.3, -0.25) is 9.59 Å². The molecule has 0 fully saturated rings. The molecule has 9 nitrogen and oxygen atoms in total. The van der Waals surface area contributed by atoms with Crippen LogP contribution in [0.15, 0.2) is 41.3 Å². The molecule has 1 atom stereocenters. The van der Waals surface area contributed by atoms with Gasteiger partial charge in [-0.15, -0.1) is 0 Å². The van der Waals surface area contributed by atoms with E-state index in [1.807, 2.05) is 0 Å². The normalized spacial score (nSPS) is 17.1. The molecule has 2 aromatic carbocycles. The molecule has 1 heterocycles. The fraction of sp³-hybridized carbons (Fsp3) is 0.400. The number of halogens is 2. The SMILES string of the molecule is CC(C)NC(=O)c1ccc2c(c1)N(Cc1ccc(Cl)c(Cl)c1)C(=O)[C@@H](NC(=O)OC(C)(C)C)CS2(=O)=O. The van der Waals surface area contributed by atoms with Crippen molar-refractivity contribution >= 4 is 56.6 Å². The number of ether oxygens (including phenoxy) is 1. The van der Waals surface area contributed by atoms with Crippen LogP contribution < -0.4 is 15.5 Å². The van der Waals surface area contributed by atoms with E-state index < -0.39 is 45.1 Å². The van der Waals surface area contributed by atoms with E-state index in [2.05, 4.69) is 10.6 Å². The number of amides is 3. The highest BCUT2D eigenvalue weighted by molar-refractivity contribution is 7.91. The highest BCUT2D eigenvalue weighted by Crippen LogP contribution is 2.34. The first-order valence-corrected chi connectivity index (χ1v) is 13.9. The van der Waals surface area contributed by atoms with Gasteiger partial charge in [-0.25, -0.2) is 13.2 Å². The smallest absolute Gasteiger partial charge is 0.408 e. The molecule has 3 rings (SSSR count). The lowest BCUT2D eigenvalue weighted by Crippen LogP contribution is -2.51. The molecule has 0 aromatic heterocycles. The number of rotatable bonds is 5. The number of hydrogen-bond acceptors (Lipinski definition) is 6. The van der Waals surface area contributed by atoms with Gasteiger partial charge in [-0.05, 0) is 70.5 Å². The maximum absolute atomic E-state index is 13.7. The van der Waals surface area contributed by atoms with Crippen molar-refractivity contribution in [3.05, 3.63) is 57.6 Å². The van der Waals surface area contributed by atoms with E-state index in [0.717, 1.165) is 0 Å². The number of alkyl carbamates (subject to hydrolysis) is 1. The van der Waals surface area contributed by atoms with Crippen molar-refractivity contribution < 1.29 is 27.5 Å². The van der Waals surface area contributed by atoms with E-state index in [1.54, 1.807) is 52.8 Å². The second-order valence-electron chi connectivity index (χ2n) is 9.96. The summed E-state index contributed by atoms with van der Waals surface area (Å²) in [6.45, 7) is 8.43. The first kappa shape index (κ1) is 28.7. The van der Waals surface area contributed by atoms with Crippen molar-refractivity contribution in [2.24, 2.45) is 0 Å². The molecule has 2 aromatic rings. The molecule has 0 unspecified atom stereocenters. The van der Waals surface area contributed by atoms with E-state index >= 15 is 0 Å². The number of carbonyl (C=O) groups excluding carboxylic acids is 3. The minimum atomic E-state index is -4.07. The van der Waals surface area contributed by atoms with Crippen LogP contribution in [0.5, 0.6) is 0 Å². The van der Waals surface area contributed by atoms with E-state index in [1.165, 1.54) is 23.1 Å². The molecule has 200 valence electrons. The second-order valence-corrected chi connectivity index (χ2v) is 12.8. The Morgan fingerprint density at radius 2 is 1.78 bits per heavy atom. The molecule has 0 spiro atoms. The van der Waals surface area contributed by atoms with Crippen molar-refractivity contribution in [1.82, 2.24) is 10.6 Å². The van der Waals surface area contributed by atoms with Crippen molar-refractivity contribution in [3.63, 3.8) is 0 Å². The average molecular weight is 570 g/mol. The predicted molar refractivity (Wildman–Crippen MR) is 142 cm³/mol. The van der Waals surface area contributed by atoms with Crippen molar-refractivity contribution in [3.8, 4) is 0 Å². The number of sulfone groups is 1. The number of benzene rings is 2. The van der Waals surface area contributed by atoms with Gasteiger partial charge in [-0.2, -0.15) is 0 Å². The lowest BCUT2D eigenvalue weighted by Gasteiger charge is -2.27. The quantitative estimate of drug-likeness (QED) is 0.552. The molecular weight excluding hydrogens is 541 g/mol. The number of nitrogens with one attached hydrogen (secondary N) is 2. The minimum Gasteiger partial charge on any atom is -0.444 e. The summed E-state index contributed by atoms with van der Waals surface area (Å²) in [7, 11) is -4.07. The molecular formula is C25H29Cl2N3O6S. The van der Waals surface area contributed by atoms with Gasteiger partial charge < -0.3 is 20.3 Å². The fourth-order valence-electron chi connectivity index (χ4n) is 3.70. The van der Waals surface area contributed by atoms with Gasteiger partial charge in [0.1, 0.15) is 11.6 Å². The van der Waals surface area contributed by atoms with Gasteiger partial charge in [0.2, 0.25) is 0 Å². The zero-order valence-electron chi connectivity index (χ0n) is 21.1. The van der Waals surface area contributed by atoms with Crippen LogP contribution in [-0.4, -0.2) is 49.8 Å². The summed E-state index contributed by atoms with van der Waals surface area (Å²) in [5.41, 5.74) is -0.117. The molecule has 3 amide bonds. The van der Waals surface area contributed by atoms with Gasteiger partial charge in [0.25, 0.3) is 11.8 Å². The standard InChI is InChI=1S/C25H29Cl2N3O6S/c1-14(2)28-22(31)16-7-9-21-20(11-16)30(12-15-6-8-17(26)18(27)10-15)23(32)19(13-37(21,34)35)29-24(33)36-25(3,4)5/h6-11,14,19H,12-13H2,1-5H3,(H,28,31)(H,29,33)/t19-/m0/s1. The molecule has 0 aliphatic carbocycles. The highest BCUT2D eigenvalue weighted by Gasteiger charge is 2.39. The lowest BCUT2D eigenvalue weighted by molar-refractivity contribution is -0.120. The number of fused-ring (bicyclic) bond motifs is 1. The van der Waals surface area contributed by atoms with Crippen LogP contribution in [0.25, 0.3) is 0 Å². The highest BCUT2D eigenvalue weighted by atomic mass is 35.5. The summed E-state index contributed by atoms with van der Waals surface area (Å²) in [4.78, 5) is 40.0. The van der Waals surface area contributed by atoms with Crippen LogP contribution in [0, 0.1) is 0 Å². The van der Waals surface area contributed by atoms with Crippen LogP contribution in [0.3, 0.4) is 0 Å². The van der Waals surface area contributed by atoms with Crippen molar-refractivity contribution in [1.29, 1.82) is 0 Å². The van der Waals surface area contributed by atoms with E-state index in [-0.39, 0.29) is 33.8 Å². The van der Waals surface area contributed by atoms with Crippen LogP contribution in [-0.2, 0) is 25.9 Å². The van der Waals surface area contributed by atoms with Crippen LogP contribution >= 0.6 is 23.2 Å². The first-order valence-electron chi connectivity index (χ1n) is 11.5. The van der Waals surface area contributed by atoms with Gasteiger partial charge in [-0.1, -0.05) is 29.3 Å². The number of nitrogens with zero attached hydrogens (tertiary/aromatic N) is 1. The number of hydrogen-bond donors (Lipinski definition) is 2. The maximum atomic E-state index is 13.7. The molecule has 0 radical (unpaired) electrons. The summed E-state index contributed by atoms with van der Waals surface area (Å²) in [6, 6.07) is 7.20. The Hall–Kier alpha value is -2.82. The monoisotopic (exact) mass is 569 g/mol. The Kier molecular flexibility index (Phi) is 8.46. The van der Waals surface area contributed by atoms with E-state index in [9.17, 15) is 22.8 Å². The summed E-state index contributed by atoms with van der Waals surface area (Å²) in [6.07, 6.45) is -0.932. The van der Waals surface area contributed by atoms with Crippen LogP contribution in [0.4, 0.5) is 10.5 Å². The molecule has 37 heavy (non-hydrogen) atoms. The van der Waals surface area contributed by atoms with E-state index in [0.29, 0.717) is 10.6 Å². The Bertz CT molecular complexity index is 1340. The van der Waals surface area contributed by atoms with Gasteiger partial charge in [0.15, 0.2) is 9.84 Å². The third-order valence-electron chi connectivity index (χ3n) is 5.23. The number of carbonyl (C=O) groups is 3. The summed E-state index contributed by atoms with van der Waals surface area (Å²) in [5, 5.41) is 5.71. The molecule has 0 saturated heterocycles. The van der Waals surface area contributed by atoms with Gasteiger partial charge in [0.05, 0.1) is 32.9 Å². The number of anilines is 1. The van der Waals surface area contributed by atoms with E-state index in [4.69, 9.17) is 27.9 Å². The third kappa shape index (κ3) is 7.15. The molecule has 1 aliphatic heterocycles. The topological polar surface area (TPSA) is 122 Å². The zero-order chi connectivity index (χ0) is 27.7. The molecule has 0 bridgehead atoms. The Morgan fingerprint density at radius 1 is 1.11 bits per heavy atom. The van der Waals surface area contributed by atoms with Crippen molar-refractivity contribution in [2.75, 3.05) is 10.7 Å². The Balaban J connectivity index is 2.12. The summed E-state index contributed by atoms with van der Waals surface area (Å²) < 4.78 is 32.0. The average Bonchev–Trinajstić information content (AvgIpc) is 2.83. The molecule has 12 heteroatoms. The molecule has 1 aliphatic rings. The summed E-state index contributed by atoms with van der Waals surface area (Å²) >= 11 is 12.2. The Labute approximate surface area is 226 Å². The van der Waals surface area contributed by atoms with Gasteiger partial charge >= 0.3 is 6.09 Å².